The van der Waals surface area contributed by atoms with Crippen LogP contribution in [0.15, 0.2) is 23.7 Å². The molecule has 0 amide bonds. The second-order valence-corrected chi connectivity index (χ2v) is 6.91. The highest BCUT2D eigenvalue weighted by Crippen LogP contribution is 2.38. The molecule has 0 bridgehead atoms. The van der Waals surface area contributed by atoms with Crippen LogP contribution in [0.1, 0.15) is 38.8 Å². The smallest absolute Gasteiger partial charge is 0.491 e. The van der Waals surface area contributed by atoms with Crippen molar-refractivity contribution in [3.05, 3.63) is 34.8 Å². The van der Waals surface area contributed by atoms with E-state index in [9.17, 15) is 0 Å². The highest BCUT2D eigenvalue weighted by Gasteiger charge is 2.52. The first-order chi connectivity index (χ1) is 11.2. The van der Waals surface area contributed by atoms with E-state index in [4.69, 9.17) is 19.3 Å². The van der Waals surface area contributed by atoms with Crippen molar-refractivity contribution in [3.8, 4) is 11.8 Å². The number of likely N-dealkylation sites (N-methyl/N-ethyl adjacent to an activating group) is 1. The molecule has 0 aliphatic carbocycles. The van der Waals surface area contributed by atoms with E-state index < -0.39 is 7.12 Å². The van der Waals surface area contributed by atoms with E-state index >= 15 is 0 Å². The van der Waals surface area contributed by atoms with Crippen molar-refractivity contribution >= 4 is 13.2 Å². The summed E-state index contributed by atoms with van der Waals surface area (Å²) < 4.78 is 17.6. The number of rotatable bonds is 5. The first-order valence-corrected chi connectivity index (χ1v) is 8.03. The zero-order valence-corrected chi connectivity index (χ0v) is 15.3. The van der Waals surface area contributed by atoms with Crippen LogP contribution in [-0.4, -0.2) is 39.0 Å². The van der Waals surface area contributed by atoms with Crippen LogP contribution in [0.5, 0.6) is 5.75 Å². The summed E-state index contributed by atoms with van der Waals surface area (Å²) in [6, 6.07) is 7.61. The Morgan fingerprint density at radius 1 is 1.29 bits per heavy atom. The van der Waals surface area contributed by atoms with Crippen LogP contribution < -0.4 is 10.1 Å². The van der Waals surface area contributed by atoms with Gasteiger partial charge in [-0.25, -0.2) is 0 Å². The average molecular weight is 328 g/mol. The van der Waals surface area contributed by atoms with Crippen LogP contribution in [0.4, 0.5) is 0 Å². The number of nitriles is 1. The summed E-state index contributed by atoms with van der Waals surface area (Å²) >= 11 is 0. The fourth-order valence-corrected chi connectivity index (χ4v) is 2.50. The van der Waals surface area contributed by atoms with Gasteiger partial charge in [0, 0.05) is 6.54 Å². The molecule has 2 rings (SSSR count). The number of hydrogen-bond acceptors (Lipinski definition) is 5. The lowest BCUT2D eigenvalue weighted by Crippen LogP contribution is -2.41. The molecule has 6 heteroatoms. The topological polar surface area (TPSA) is 63.5 Å². The maximum Gasteiger partial charge on any atom is 0.491 e. The highest BCUT2D eigenvalue weighted by molar-refractivity contribution is 6.55. The summed E-state index contributed by atoms with van der Waals surface area (Å²) in [7, 11) is 3.04. The maximum absolute atomic E-state index is 9.10. The van der Waals surface area contributed by atoms with Gasteiger partial charge in [0.05, 0.1) is 23.9 Å². The summed E-state index contributed by atoms with van der Waals surface area (Å²) in [5, 5.41) is 12.3. The molecule has 0 saturated carbocycles. The molecule has 128 valence electrons. The third kappa shape index (κ3) is 3.64. The molecule has 0 spiro atoms. The minimum absolute atomic E-state index is 0.382. The van der Waals surface area contributed by atoms with Gasteiger partial charge in [-0.1, -0.05) is 12.1 Å². The van der Waals surface area contributed by atoms with Gasteiger partial charge in [0.15, 0.2) is 0 Å². The normalized spacial score (nSPS) is 19.2. The standard InChI is InChI=1S/C18H25BN2O3/c1-17(2)18(3,4)24-19(23-17)15(12-21-5)9-13-7-8-14(11-20)16(10-13)22-6/h7-10,21H,12H2,1-6H3. The van der Waals surface area contributed by atoms with Crippen molar-refractivity contribution in [1.82, 2.24) is 5.32 Å². The quantitative estimate of drug-likeness (QED) is 0.842. The predicted octanol–water partition coefficient (Wildman–Crippen LogP) is 2.80. The lowest BCUT2D eigenvalue weighted by Gasteiger charge is -2.32. The molecule has 0 aromatic heterocycles. The number of hydrogen-bond donors (Lipinski definition) is 1. The Morgan fingerprint density at radius 3 is 2.42 bits per heavy atom. The zero-order chi connectivity index (χ0) is 18.0. The van der Waals surface area contributed by atoms with Crippen molar-refractivity contribution < 1.29 is 14.0 Å². The van der Waals surface area contributed by atoms with E-state index in [0.29, 0.717) is 17.9 Å². The third-order valence-electron chi connectivity index (χ3n) is 4.63. The van der Waals surface area contributed by atoms with E-state index in [-0.39, 0.29) is 11.2 Å². The number of methoxy groups -OCH3 is 1. The first kappa shape index (κ1) is 18.5. The van der Waals surface area contributed by atoms with Crippen molar-refractivity contribution in [1.29, 1.82) is 5.26 Å². The number of nitrogens with zero attached hydrogens (tertiary/aromatic N) is 1. The van der Waals surface area contributed by atoms with Gasteiger partial charge in [-0.3, -0.25) is 0 Å². The maximum atomic E-state index is 9.10. The van der Waals surface area contributed by atoms with Crippen molar-refractivity contribution in [2.75, 3.05) is 20.7 Å². The molecule has 0 unspecified atom stereocenters. The Balaban J connectivity index is 2.35. The molecule has 0 atom stereocenters. The van der Waals surface area contributed by atoms with Gasteiger partial charge in [-0.15, -0.1) is 0 Å². The molecule has 1 aliphatic heterocycles. The molecule has 1 N–H and O–H groups in total. The van der Waals surface area contributed by atoms with Gasteiger partial charge in [0.2, 0.25) is 0 Å². The zero-order valence-electron chi connectivity index (χ0n) is 15.3. The lowest BCUT2D eigenvalue weighted by atomic mass is 9.77. The average Bonchev–Trinajstić information content (AvgIpc) is 2.74. The van der Waals surface area contributed by atoms with E-state index in [1.54, 1.807) is 13.2 Å². The SMILES string of the molecule is CNCC(=Cc1ccc(C#N)c(OC)c1)B1OC(C)(C)C(C)(C)O1. The number of nitrogens with one attached hydrogen (secondary N) is 1. The van der Waals surface area contributed by atoms with Gasteiger partial charge in [0.25, 0.3) is 0 Å². The monoisotopic (exact) mass is 328 g/mol. The molecule has 24 heavy (non-hydrogen) atoms. The van der Waals surface area contributed by atoms with Crippen LogP contribution in [0.3, 0.4) is 0 Å². The Bertz CT molecular complexity index is 661. The van der Waals surface area contributed by atoms with Crippen LogP contribution in [-0.2, 0) is 9.31 Å². The molecule has 1 heterocycles. The fraction of sp³-hybridized carbons (Fsp3) is 0.500. The van der Waals surface area contributed by atoms with E-state index in [1.807, 2.05) is 53.0 Å². The predicted molar refractivity (Wildman–Crippen MR) is 95.7 cm³/mol. The Morgan fingerprint density at radius 2 is 1.92 bits per heavy atom. The molecular weight excluding hydrogens is 303 g/mol. The third-order valence-corrected chi connectivity index (χ3v) is 4.63. The second kappa shape index (κ2) is 6.98. The van der Waals surface area contributed by atoms with Gasteiger partial charge >= 0.3 is 7.12 Å². The number of ether oxygens (including phenoxy) is 1. The minimum atomic E-state index is -0.413. The summed E-state index contributed by atoms with van der Waals surface area (Å²) in [5.41, 5.74) is 1.67. The summed E-state index contributed by atoms with van der Waals surface area (Å²) in [6.45, 7) is 8.78. The van der Waals surface area contributed by atoms with Crippen molar-refractivity contribution in [2.24, 2.45) is 0 Å². The molecule has 1 fully saturated rings. The van der Waals surface area contributed by atoms with E-state index in [0.717, 1.165) is 11.0 Å². The molecule has 1 aliphatic rings. The molecule has 1 aromatic carbocycles. The van der Waals surface area contributed by atoms with Crippen LogP contribution >= 0.6 is 0 Å². The van der Waals surface area contributed by atoms with Crippen LogP contribution in [0, 0.1) is 11.3 Å². The first-order valence-electron chi connectivity index (χ1n) is 8.03. The van der Waals surface area contributed by atoms with E-state index in [1.165, 1.54) is 0 Å². The van der Waals surface area contributed by atoms with Crippen LogP contribution in [0.2, 0.25) is 0 Å². The van der Waals surface area contributed by atoms with Crippen molar-refractivity contribution in [2.45, 2.75) is 38.9 Å². The lowest BCUT2D eigenvalue weighted by molar-refractivity contribution is 0.00578. The molecular formula is C18H25BN2O3. The summed E-state index contributed by atoms with van der Waals surface area (Å²) in [6.07, 6.45) is 2.02. The minimum Gasteiger partial charge on any atom is -0.495 e. The van der Waals surface area contributed by atoms with Crippen molar-refractivity contribution in [3.63, 3.8) is 0 Å². The number of benzene rings is 1. The van der Waals surface area contributed by atoms with Gasteiger partial charge in [-0.2, -0.15) is 5.26 Å². The van der Waals surface area contributed by atoms with Gasteiger partial charge < -0.3 is 19.4 Å². The summed E-state index contributed by atoms with van der Waals surface area (Å²) in [5.74, 6) is 0.559. The Hall–Kier alpha value is -1.81. The molecule has 0 radical (unpaired) electrons. The molecule has 1 aromatic rings. The van der Waals surface area contributed by atoms with Gasteiger partial charge in [0.1, 0.15) is 11.8 Å². The van der Waals surface area contributed by atoms with E-state index in [2.05, 4.69) is 11.4 Å². The largest absolute Gasteiger partial charge is 0.495 e. The summed E-state index contributed by atoms with van der Waals surface area (Å²) in [4.78, 5) is 0. The molecule has 1 saturated heterocycles. The van der Waals surface area contributed by atoms with Crippen LogP contribution in [0.25, 0.3) is 6.08 Å². The second-order valence-electron chi connectivity index (χ2n) is 6.91. The van der Waals surface area contributed by atoms with Gasteiger partial charge in [-0.05, 0) is 57.9 Å². The fourth-order valence-electron chi connectivity index (χ4n) is 2.50. The highest BCUT2D eigenvalue weighted by atomic mass is 16.7. The Labute approximate surface area is 144 Å². The Kier molecular flexibility index (Phi) is 5.39. The molecule has 5 nitrogen and oxygen atoms in total.